The molecule has 2 fully saturated rings. The third kappa shape index (κ3) is 3.07. The minimum Gasteiger partial charge on any atom is -0.327 e. The van der Waals surface area contributed by atoms with Crippen LogP contribution in [0.4, 0.5) is 10.5 Å². The van der Waals surface area contributed by atoms with Crippen LogP contribution in [-0.4, -0.2) is 44.8 Å². The number of urea groups is 1. The molecule has 3 unspecified atom stereocenters. The van der Waals surface area contributed by atoms with E-state index in [1.807, 2.05) is 43.0 Å². The number of amides is 2. The zero-order valence-electron chi connectivity index (χ0n) is 15.4. The van der Waals surface area contributed by atoms with Crippen molar-refractivity contribution < 1.29 is 4.79 Å². The summed E-state index contributed by atoms with van der Waals surface area (Å²) in [6.45, 7) is 5.32. The van der Waals surface area contributed by atoms with Crippen LogP contribution in [0.1, 0.15) is 30.9 Å². The third-order valence-corrected chi connectivity index (χ3v) is 5.69. The molecule has 0 spiro atoms. The van der Waals surface area contributed by atoms with Gasteiger partial charge in [0.2, 0.25) is 0 Å². The molecule has 1 aliphatic heterocycles. The lowest BCUT2D eigenvalue weighted by Gasteiger charge is -2.29. The molecular formula is C19H26N6O. The highest BCUT2D eigenvalue weighted by atomic mass is 16.2. The van der Waals surface area contributed by atoms with Crippen molar-refractivity contribution in [2.75, 3.05) is 18.4 Å². The second-order valence-electron chi connectivity index (χ2n) is 7.49. The van der Waals surface area contributed by atoms with E-state index in [9.17, 15) is 4.79 Å². The number of aromatic nitrogens is 3. The number of fused-ring (bicyclic) bond motifs is 1. The molecule has 1 aromatic carbocycles. The molecule has 26 heavy (non-hydrogen) atoms. The van der Waals surface area contributed by atoms with Gasteiger partial charge < -0.3 is 16.0 Å². The number of para-hydroxylation sites is 2. The van der Waals surface area contributed by atoms with Gasteiger partial charge in [-0.25, -0.2) is 14.5 Å². The second-order valence-corrected chi connectivity index (χ2v) is 7.49. The van der Waals surface area contributed by atoms with Crippen molar-refractivity contribution in [3.63, 3.8) is 0 Å². The fourth-order valence-electron chi connectivity index (χ4n) is 4.39. The zero-order chi connectivity index (χ0) is 18.3. The maximum absolute atomic E-state index is 12.9. The fourth-order valence-corrected chi connectivity index (χ4v) is 4.39. The van der Waals surface area contributed by atoms with E-state index in [1.54, 1.807) is 4.68 Å². The van der Waals surface area contributed by atoms with Crippen LogP contribution >= 0.6 is 0 Å². The molecule has 2 heterocycles. The maximum Gasteiger partial charge on any atom is 0.321 e. The van der Waals surface area contributed by atoms with E-state index in [2.05, 4.69) is 15.4 Å². The van der Waals surface area contributed by atoms with Gasteiger partial charge >= 0.3 is 6.03 Å². The van der Waals surface area contributed by atoms with Crippen LogP contribution in [-0.2, 0) is 0 Å². The molecule has 3 atom stereocenters. The molecule has 7 heteroatoms. The van der Waals surface area contributed by atoms with Gasteiger partial charge in [-0.15, -0.1) is 0 Å². The Balaban J connectivity index is 1.53. The summed E-state index contributed by atoms with van der Waals surface area (Å²) in [6.07, 6.45) is 3.42. The molecule has 2 aromatic rings. The molecule has 4 rings (SSSR count). The average Bonchev–Trinajstić information content (AvgIpc) is 3.19. The summed E-state index contributed by atoms with van der Waals surface area (Å²) < 4.78 is 1.77. The topological polar surface area (TPSA) is 89.1 Å². The van der Waals surface area contributed by atoms with Crippen LogP contribution in [0.2, 0.25) is 0 Å². The number of hydrogen-bond acceptors (Lipinski definition) is 4. The Kier molecular flexibility index (Phi) is 4.40. The summed E-state index contributed by atoms with van der Waals surface area (Å²) >= 11 is 0. The number of hydrogen-bond donors (Lipinski definition) is 2. The van der Waals surface area contributed by atoms with Crippen molar-refractivity contribution in [2.24, 2.45) is 17.6 Å². The van der Waals surface area contributed by atoms with Crippen molar-refractivity contribution >= 4 is 11.7 Å². The lowest BCUT2D eigenvalue weighted by molar-refractivity contribution is 0.219. The highest BCUT2D eigenvalue weighted by Gasteiger charge is 2.40. The van der Waals surface area contributed by atoms with Gasteiger partial charge in [0.15, 0.2) is 0 Å². The van der Waals surface area contributed by atoms with Gasteiger partial charge in [0.1, 0.15) is 11.6 Å². The molecular weight excluding hydrogens is 328 g/mol. The molecule has 2 amide bonds. The summed E-state index contributed by atoms with van der Waals surface area (Å²) in [7, 11) is 0. The lowest BCUT2D eigenvalue weighted by atomic mass is 9.78. The van der Waals surface area contributed by atoms with Gasteiger partial charge in [-0.2, -0.15) is 5.10 Å². The molecule has 0 radical (unpaired) electrons. The van der Waals surface area contributed by atoms with Crippen LogP contribution in [0.25, 0.3) is 5.69 Å². The predicted octanol–water partition coefficient (Wildman–Crippen LogP) is 2.48. The molecule has 3 N–H and O–H groups in total. The number of nitrogens with one attached hydrogen (secondary N) is 1. The lowest BCUT2D eigenvalue weighted by Crippen LogP contribution is -2.39. The van der Waals surface area contributed by atoms with Gasteiger partial charge in [0.05, 0.1) is 11.4 Å². The van der Waals surface area contributed by atoms with Crippen molar-refractivity contribution in [3.05, 3.63) is 35.9 Å². The van der Waals surface area contributed by atoms with E-state index in [-0.39, 0.29) is 12.1 Å². The Bertz CT molecular complexity index is 816. The van der Waals surface area contributed by atoms with Crippen LogP contribution in [0, 0.1) is 25.7 Å². The first-order chi connectivity index (χ1) is 12.5. The van der Waals surface area contributed by atoms with Gasteiger partial charge in [-0.05, 0) is 50.7 Å². The smallest absolute Gasteiger partial charge is 0.321 e. The fraction of sp³-hybridized carbons (Fsp3) is 0.526. The summed E-state index contributed by atoms with van der Waals surface area (Å²) in [5, 5.41) is 7.51. The third-order valence-electron chi connectivity index (χ3n) is 5.69. The average molecular weight is 354 g/mol. The predicted molar refractivity (Wildman–Crippen MR) is 100 cm³/mol. The van der Waals surface area contributed by atoms with E-state index in [0.29, 0.717) is 17.7 Å². The summed E-state index contributed by atoms with van der Waals surface area (Å²) in [5.74, 6) is 2.48. The van der Waals surface area contributed by atoms with Gasteiger partial charge in [-0.3, -0.25) is 0 Å². The van der Waals surface area contributed by atoms with Crippen LogP contribution in [0.3, 0.4) is 0 Å². The summed E-state index contributed by atoms with van der Waals surface area (Å²) in [6, 6.07) is 7.85. The molecule has 0 bridgehead atoms. The van der Waals surface area contributed by atoms with Gasteiger partial charge in [0.25, 0.3) is 0 Å². The largest absolute Gasteiger partial charge is 0.327 e. The standard InChI is InChI=1S/C19H26N6O/c1-12-21-13(2)25(23-12)18-9-4-3-8-17(18)22-19(26)24-10-14-6-5-7-16(20)15(14)11-24/h3-4,8-9,14-16H,5-7,10-11,20H2,1-2H3,(H,22,26). The number of carbonyl (C=O) groups excluding carboxylic acids is 1. The highest BCUT2D eigenvalue weighted by molar-refractivity contribution is 5.91. The van der Waals surface area contributed by atoms with E-state index in [1.165, 1.54) is 12.8 Å². The quantitative estimate of drug-likeness (QED) is 0.867. The van der Waals surface area contributed by atoms with Crippen molar-refractivity contribution in [1.29, 1.82) is 0 Å². The molecule has 7 nitrogen and oxygen atoms in total. The Morgan fingerprint density at radius 3 is 2.77 bits per heavy atom. The number of rotatable bonds is 2. The monoisotopic (exact) mass is 354 g/mol. The number of nitrogens with two attached hydrogens (primary N) is 1. The highest BCUT2D eigenvalue weighted by Crippen LogP contribution is 2.35. The van der Waals surface area contributed by atoms with Crippen LogP contribution < -0.4 is 11.1 Å². The summed E-state index contributed by atoms with van der Waals surface area (Å²) in [4.78, 5) is 19.1. The molecule has 1 aromatic heterocycles. The van der Waals surface area contributed by atoms with Gasteiger partial charge in [-0.1, -0.05) is 18.6 Å². The van der Waals surface area contributed by atoms with Gasteiger partial charge in [0, 0.05) is 19.1 Å². The Labute approximate surface area is 153 Å². The number of anilines is 1. The van der Waals surface area contributed by atoms with E-state index >= 15 is 0 Å². The van der Waals surface area contributed by atoms with Crippen molar-refractivity contribution in [3.8, 4) is 5.69 Å². The first-order valence-corrected chi connectivity index (χ1v) is 9.34. The van der Waals surface area contributed by atoms with Crippen LogP contribution in [0.15, 0.2) is 24.3 Å². The van der Waals surface area contributed by atoms with Crippen molar-refractivity contribution in [2.45, 2.75) is 39.2 Å². The number of carbonyl (C=O) groups is 1. The minimum absolute atomic E-state index is 0.0615. The van der Waals surface area contributed by atoms with E-state index in [0.717, 1.165) is 36.7 Å². The second kappa shape index (κ2) is 6.72. The number of benzene rings is 1. The normalized spacial score (nSPS) is 25.2. The van der Waals surface area contributed by atoms with E-state index in [4.69, 9.17) is 5.73 Å². The number of likely N-dealkylation sites (tertiary alicyclic amines) is 1. The Hall–Kier alpha value is -2.41. The number of aryl methyl sites for hydroxylation is 2. The van der Waals surface area contributed by atoms with E-state index < -0.39 is 0 Å². The Morgan fingerprint density at radius 2 is 2.04 bits per heavy atom. The first kappa shape index (κ1) is 17.0. The number of nitrogens with zero attached hydrogens (tertiary/aromatic N) is 4. The molecule has 1 saturated heterocycles. The summed E-state index contributed by atoms with van der Waals surface area (Å²) in [5.41, 5.74) is 7.84. The van der Waals surface area contributed by atoms with Crippen molar-refractivity contribution in [1.82, 2.24) is 19.7 Å². The molecule has 2 aliphatic rings. The first-order valence-electron chi connectivity index (χ1n) is 9.34. The Morgan fingerprint density at radius 1 is 1.23 bits per heavy atom. The maximum atomic E-state index is 12.9. The van der Waals surface area contributed by atoms with Crippen LogP contribution in [0.5, 0.6) is 0 Å². The minimum atomic E-state index is -0.0615. The molecule has 138 valence electrons. The molecule has 1 saturated carbocycles. The molecule has 1 aliphatic carbocycles. The SMILES string of the molecule is Cc1nc(C)n(-c2ccccc2NC(=O)N2CC3CCCC(N)C3C2)n1. The zero-order valence-corrected chi connectivity index (χ0v) is 15.4.